The molecule has 3 heteroatoms. The smallest absolute Gasteiger partial charge is 0.129 e. The highest BCUT2D eigenvalue weighted by atomic mass is 35.5. The minimum Gasteiger partial charge on any atom is -0.388 e. The molecule has 0 spiro atoms. The van der Waals surface area contributed by atoms with Crippen molar-refractivity contribution < 1.29 is 5.11 Å². The van der Waals surface area contributed by atoms with Crippen LogP contribution in [0.5, 0.6) is 0 Å². The first-order valence-electron chi connectivity index (χ1n) is 3.95. The van der Waals surface area contributed by atoms with Crippen molar-refractivity contribution in [2.24, 2.45) is 0 Å². The van der Waals surface area contributed by atoms with Crippen molar-refractivity contribution in [1.29, 1.82) is 0 Å². The van der Waals surface area contributed by atoms with Crippen molar-refractivity contribution in [2.75, 3.05) is 0 Å². The fraction of sp³-hybridized carbons (Fsp3) is 0.444. The molecule has 0 bridgehead atoms. The highest BCUT2D eigenvalue weighted by molar-refractivity contribution is 6.29. The van der Waals surface area contributed by atoms with Crippen LogP contribution in [-0.2, 0) is 0 Å². The van der Waals surface area contributed by atoms with Crippen LogP contribution in [0.1, 0.15) is 30.6 Å². The molecule has 2 nitrogen and oxygen atoms in total. The van der Waals surface area contributed by atoms with Gasteiger partial charge in [0.05, 0.1) is 6.10 Å². The highest BCUT2D eigenvalue weighted by Crippen LogP contribution is 2.20. The van der Waals surface area contributed by atoms with Crippen LogP contribution < -0.4 is 0 Å². The van der Waals surface area contributed by atoms with E-state index in [0.29, 0.717) is 11.6 Å². The van der Waals surface area contributed by atoms with Crippen LogP contribution in [0.3, 0.4) is 0 Å². The Morgan fingerprint density at radius 1 is 1.67 bits per heavy atom. The molecule has 0 fully saturated rings. The van der Waals surface area contributed by atoms with Gasteiger partial charge in [-0.2, -0.15) is 0 Å². The van der Waals surface area contributed by atoms with Crippen molar-refractivity contribution >= 4 is 11.6 Å². The first-order chi connectivity index (χ1) is 5.65. The molecule has 66 valence electrons. The number of halogens is 1. The van der Waals surface area contributed by atoms with Gasteiger partial charge < -0.3 is 5.11 Å². The van der Waals surface area contributed by atoms with Gasteiger partial charge in [0.25, 0.3) is 0 Å². The number of pyridine rings is 1. The summed E-state index contributed by atoms with van der Waals surface area (Å²) in [4.78, 5) is 3.91. The van der Waals surface area contributed by atoms with E-state index in [1.54, 1.807) is 12.3 Å². The monoisotopic (exact) mass is 185 g/mol. The summed E-state index contributed by atoms with van der Waals surface area (Å²) in [5, 5.41) is 9.99. The first-order valence-corrected chi connectivity index (χ1v) is 4.33. The molecule has 1 rings (SSSR count). The number of nitrogens with zero attached hydrogens (tertiary/aromatic N) is 1. The first kappa shape index (κ1) is 9.49. The molecule has 0 unspecified atom stereocenters. The number of hydrogen-bond donors (Lipinski definition) is 1. The quantitative estimate of drug-likeness (QED) is 0.719. The summed E-state index contributed by atoms with van der Waals surface area (Å²) in [6.07, 6.45) is 1.91. The molecule has 0 amide bonds. The molecular formula is C9H12ClNO. The average molecular weight is 186 g/mol. The zero-order valence-electron chi connectivity index (χ0n) is 7.21. The third kappa shape index (κ3) is 1.96. The van der Waals surface area contributed by atoms with Gasteiger partial charge in [-0.15, -0.1) is 0 Å². The van der Waals surface area contributed by atoms with Gasteiger partial charge in [0.15, 0.2) is 0 Å². The predicted octanol–water partition coefficient (Wildman–Crippen LogP) is 2.49. The fourth-order valence-corrected chi connectivity index (χ4v) is 1.31. The van der Waals surface area contributed by atoms with Crippen LogP contribution >= 0.6 is 11.6 Å². The van der Waals surface area contributed by atoms with E-state index in [1.807, 2.05) is 13.8 Å². The lowest BCUT2D eigenvalue weighted by atomic mass is 10.1. The number of rotatable bonds is 2. The molecule has 1 aromatic heterocycles. The Bertz CT molecular complexity index is 275. The molecule has 1 atom stereocenters. The van der Waals surface area contributed by atoms with Crippen LogP contribution in [-0.4, -0.2) is 10.1 Å². The Morgan fingerprint density at radius 2 is 2.33 bits per heavy atom. The Balaban J connectivity index is 3.01. The molecule has 0 aromatic carbocycles. The highest BCUT2D eigenvalue weighted by Gasteiger charge is 2.08. The summed E-state index contributed by atoms with van der Waals surface area (Å²) in [6, 6.07) is 1.76. The zero-order chi connectivity index (χ0) is 9.14. The molecule has 0 radical (unpaired) electrons. The van der Waals surface area contributed by atoms with Crippen LogP contribution in [0.15, 0.2) is 12.3 Å². The normalized spacial score (nSPS) is 13.0. The minimum atomic E-state index is -0.422. The zero-order valence-corrected chi connectivity index (χ0v) is 7.97. The number of aryl methyl sites for hydroxylation is 1. The van der Waals surface area contributed by atoms with Crippen molar-refractivity contribution in [3.05, 3.63) is 28.5 Å². The Morgan fingerprint density at radius 3 is 2.83 bits per heavy atom. The average Bonchev–Trinajstić information content (AvgIpc) is 2.03. The van der Waals surface area contributed by atoms with Crippen LogP contribution in [0.4, 0.5) is 0 Å². The SMILES string of the molecule is CC[C@@H](O)c1cnc(Cl)cc1C. The number of aliphatic hydroxyl groups excluding tert-OH is 1. The van der Waals surface area contributed by atoms with E-state index in [4.69, 9.17) is 11.6 Å². The van der Waals surface area contributed by atoms with E-state index in [2.05, 4.69) is 4.98 Å². The van der Waals surface area contributed by atoms with E-state index in [0.717, 1.165) is 11.1 Å². The number of aliphatic hydroxyl groups is 1. The summed E-state index contributed by atoms with van der Waals surface area (Å²) in [6.45, 7) is 3.85. The molecule has 0 saturated heterocycles. The third-order valence-corrected chi connectivity index (χ3v) is 2.07. The van der Waals surface area contributed by atoms with Crippen molar-refractivity contribution in [2.45, 2.75) is 26.4 Å². The van der Waals surface area contributed by atoms with Gasteiger partial charge in [-0.05, 0) is 25.0 Å². The lowest BCUT2D eigenvalue weighted by Gasteiger charge is -2.10. The van der Waals surface area contributed by atoms with Gasteiger partial charge >= 0.3 is 0 Å². The van der Waals surface area contributed by atoms with Crippen LogP contribution in [0.25, 0.3) is 0 Å². The van der Waals surface area contributed by atoms with E-state index in [-0.39, 0.29) is 0 Å². The molecule has 0 saturated carbocycles. The standard InChI is InChI=1S/C9H12ClNO/c1-3-8(12)7-5-11-9(10)4-6(7)2/h4-5,8,12H,3H2,1-2H3/t8-/m1/s1. The molecule has 0 aliphatic carbocycles. The Kier molecular flexibility index (Phi) is 3.06. The summed E-state index contributed by atoms with van der Waals surface area (Å²) in [5.74, 6) is 0. The number of hydrogen-bond acceptors (Lipinski definition) is 2. The fourth-order valence-electron chi connectivity index (χ4n) is 1.10. The number of aromatic nitrogens is 1. The summed E-state index contributed by atoms with van der Waals surface area (Å²) in [5.41, 5.74) is 1.85. The van der Waals surface area contributed by atoms with Crippen molar-refractivity contribution in [3.63, 3.8) is 0 Å². The van der Waals surface area contributed by atoms with Gasteiger partial charge in [-0.3, -0.25) is 0 Å². The predicted molar refractivity (Wildman–Crippen MR) is 49.2 cm³/mol. The maximum Gasteiger partial charge on any atom is 0.129 e. The molecular weight excluding hydrogens is 174 g/mol. The Labute approximate surface area is 77.2 Å². The minimum absolute atomic E-state index is 0.422. The van der Waals surface area contributed by atoms with Crippen molar-refractivity contribution in [3.8, 4) is 0 Å². The second-order valence-corrected chi connectivity index (χ2v) is 3.17. The van der Waals surface area contributed by atoms with Gasteiger partial charge in [0.2, 0.25) is 0 Å². The van der Waals surface area contributed by atoms with Crippen molar-refractivity contribution in [1.82, 2.24) is 4.98 Å². The summed E-state index contributed by atoms with van der Waals surface area (Å²) in [7, 11) is 0. The molecule has 1 aromatic rings. The maximum atomic E-state index is 9.52. The molecule has 1 heterocycles. The second-order valence-electron chi connectivity index (χ2n) is 2.79. The third-order valence-electron chi connectivity index (χ3n) is 1.86. The van der Waals surface area contributed by atoms with E-state index in [1.165, 1.54) is 0 Å². The summed E-state index contributed by atoms with van der Waals surface area (Å²) >= 11 is 5.67. The Hall–Kier alpha value is -0.600. The van der Waals surface area contributed by atoms with E-state index >= 15 is 0 Å². The van der Waals surface area contributed by atoms with Gasteiger partial charge in [0.1, 0.15) is 5.15 Å². The molecule has 1 N–H and O–H groups in total. The topological polar surface area (TPSA) is 33.1 Å². The van der Waals surface area contributed by atoms with E-state index in [9.17, 15) is 5.11 Å². The molecule has 0 aliphatic heterocycles. The van der Waals surface area contributed by atoms with Crippen LogP contribution in [0, 0.1) is 6.92 Å². The summed E-state index contributed by atoms with van der Waals surface area (Å²) < 4.78 is 0. The van der Waals surface area contributed by atoms with E-state index < -0.39 is 6.10 Å². The lowest BCUT2D eigenvalue weighted by Crippen LogP contribution is -1.99. The largest absolute Gasteiger partial charge is 0.388 e. The van der Waals surface area contributed by atoms with Gasteiger partial charge in [0, 0.05) is 11.8 Å². The second kappa shape index (κ2) is 3.87. The molecule has 0 aliphatic rings. The van der Waals surface area contributed by atoms with Gasteiger partial charge in [-0.25, -0.2) is 4.98 Å². The maximum absolute atomic E-state index is 9.52. The lowest BCUT2D eigenvalue weighted by molar-refractivity contribution is 0.172. The molecule has 12 heavy (non-hydrogen) atoms. The van der Waals surface area contributed by atoms with Crippen LogP contribution in [0.2, 0.25) is 5.15 Å². The van der Waals surface area contributed by atoms with Gasteiger partial charge in [-0.1, -0.05) is 18.5 Å².